The van der Waals surface area contributed by atoms with Gasteiger partial charge in [-0.25, -0.2) is 18.3 Å². The number of aromatic hydroxyl groups is 1. The number of imidazole rings is 1. The first kappa shape index (κ1) is 21.6. The molecule has 1 aromatic carbocycles. The lowest BCUT2D eigenvalue weighted by atomic mass is 10.0. The molecule has 1 atom stereocenters. The van der Waals surface area contributed by atoms with Crippen molar-refractivity contribution >= 4 is 17.4 Å². The van der Waals surface area contributed by atoms with E-state index in [1.54, 1.807) is 18.2 Å². The molecule has 4 heterocycles. The van der Waals surface area contributed by atoms with Gasteiger partial charge in [-0.05, 0) is 49.1 Å². The molecule has 2 saturated heterocycles. The highest BCUT2D eigenvalue weighted by Crippen LogP contribution is 2.22. The third-order valence-electron chi connectivity index (χ3n) is 6.38. The fraction of sp³-hybridized carbons (Fsp3) is 0.435. The predicted molar refractivity (Wildman–Crippen MR) is 119 cm³/mol. The second-order valence-electron chi connectivity index (χ2n) is 8.75. The predicted octanol–water partition coefficient (Wildman–Crippen LogP) is 2.52. The molecular formula is C23H26F2N6O2. The van der Waals surface area contributed by atoms with Crippen LogP contribution < -0.4 is 10.2 Å². The number of amides is 1. The number of benzene rings is 1. The fourth-order valence-corrected chi connectivity index (χ4v) is 4.52. The van der Waals surface area contributed by atoms with Gasteiger partial charge in [-0.3, -0.25) is 9.69 Å². The third kappa shape index (κ3) is 4.61. The molecule has 0 radical (unpaired) electrons. The fourth-order valence-electron chi connectivity index (χ4n) is 4.52. The summed E-state index contributed by atoms with van der Waals surface area (Å²) in [6.07, 6.45) is 2.70. The van der Waals surface area contributed by atoms with Crippen molar-refractivity contribution in [1.82, 2.24) is 24.8 Å². The molecule has 5 rings (SSSR count). The zero-order chi connectivity index (χ0) is 22.9. The summed E-state index contributed by atoms with van der Waals surface area (Å²) in [6.45, 7) is 3.08. The number of alkyl halides is 1. The van der Waals surface area contributed by atoms with Gasteiger partial charge in [0, 0.05) is 32.2 Å². The number of carbonyl (C=O) groups is 1. The van der Waals surface area contributed by atoms with Crippen LogP contribution in [-0.4, -0.2) is 68.9 Å². The Kier molecular flexibility index (Phi) is 5.84. The Bertz CT molecular complexity index is 1160. The first-order valence-electron chi connectivity index (χ1n) is 11.2. The second kappa shape index (κ2) is 8.93. The van der Waals surface area contributed by atoms with E-state index in [4.69, 9.17) is 0 Å². The summed E-state index contributed by atoms with van der Waals surface area (Å²) < 4.78 is 28.4. The molecule has 1 unspecified atom stereocenters. The molecule has 0 spiro atoms. The quantitative estimate of drug-likeness (QED) is 0.614. The van der Waals surface area contributed by atoms with Gasteiger partial charge in [-0.15, -0.1) is 5.10 Å². The van der Waals surface area contributed by atoms with Crippen LogP contribution in [0.25, 0.3) is 5.65 Å². The van der Waals surface area contributed by atoms with Gasteiger partial charge in [0.2, 0.25) is 0 Å². The van der Waals surface area contributed by atoms with Crippen LogP contribution in [0.15, 0.2) is 36.5 Å². The average Bonchev–Trinajstić information content (AvgIpc) is 3.43. The summed E-state index contributed by atoms with van der Waals surface area (Å²) in [5.41, 5.74) is 1.77. The van der Waals surface area contributed by atoms with E-state index in [2.05, 4.69) is 20.3 Å². The number of piperidine rings is 1. The number of hydrogen-bond donors (Lipinski definition) is 2. The zero-order valence-electron chi connectivity index (χ0n) is 18.1. The van der Waals surface area contributed by atoms with Crippen molar-refractivity contribution in [3.63, 3.8) is 0 Å². The Morgan fingerprint density at radius 1 is 1.15 bits per heavy atom. The largest absolute Gasteiger partial charge is 0.505 e. The minimum atomic E-state index is -0.854. The number of halogens is 2. The number of anilines is 1. The van der Waals surface area contributed by atoms with Gasteiger partial charge in [0.15, 0.2) is 22.9 Å². The molecule has 1 amide bonds. The minimum absolute atomic E-state index is 0.0231. The molecule has 0 bridgehead atoms. The van der Waals surface area contributed by atoms with Gasteiger partial charge in [-0.1, -0.05) is 6.07 Å². The van der Waals surface area contributed by atoms with Crippen LogP contribution in [0.3, 0.4) is 0 Å². The van der Waals surface area contributed by atoms with E-state index in [0.717, 1.165) is 31.5 Å². The van der Waals surface area contributed by atoms with Crippen LogP contribution in [0.1, 0.15) is 35.3 Å². The Labute approximate surface area is 189 Å². The van der Waals surface area contributed by atoms with E-state index in [-0.39, 0.29) is 17.7 Å². The van der Waals surface area contributed by atoms with Gasteiger partial charge in [0.05, 0.1) is 12.7 Å². The van der Waals surface area contributed by atoms with Crippen LogP contribution in [0.5, 0.6) is 5.75 Å². The second-order valence-corrected chi connectivity index (χ2v) is 8.75. The lowest BCUT2D eigenvalue weighted by Gasteiger charge is -2.32. The average molecular weight is 456 g/mol. The molecule has 3 aromatic rings. The molecule has 174 valence electrons. The summed E-state index contributed by atoms with van der Waals surface area (Å²) in [6, 6.07) is 8.01. The number of nitrogens with zero attached hydrogens (tertiary/aromatic N) is 5. The van der Waals surface area contributed by atoms with E-state index in [1.165, 1.54) is 22.8 Å². The molecule has 0 aliphatic carbocycles. The number of likely N-dealkylation sites (tertiary alicyclic amines) is 1. The van der Waals surface area contributed by atoms with Crippen LogP contribution in [0.4, 0.5) is 14.6 Å². The number of phenols is 1. The molecule has 33 heavy (non-hydrogen) atoms. The van der Waals surface area contributed by atoms with Crippen molar-refractivity contribution < 1.29 is 18.7 Å². The number of aromatic nitrogens is 3. The summed E-state index contributed by atoms with van der Waals surface area (Å²) in [5.74, 6) is -0.566. The number of carbonyl (C=O) groups excluding carboxylic acids is 1. The van der Waals surface area contributed by atoms with E-state index in [0.29, 0.717) is 43.2 Å². The zero-order valence-corrected chi connectivity index (χ0v) is 18.1. The summed E-state index contributed by atoms with van der Waals surface area (Å²) >= 11 is 0. The summed E-state index contributed by atoms with van der Waals surface area (Å²) in [4.78, 5) is 21.3. The van der Waals surface area contributed by atoms with Crippen molar-refractivity contribution in [2.45, 2.75) is 38.0 Å². The van der Waals surface area contributed by atoms with E-state index >= 15 is 0 Å². The van der Waals surface area contributed by atoms with Gasteiger partial charge >= 0.3 is 0 Å². The molecule has 2 N–H and O–H groups in total. The van der Waals surface area contributed by atoms with Crippen LogP contribution in [-0.2, 0) is 6.54 Å². The van der Waals surface area contributed by atoms with Crippen molar-refractivity contribution in [2.75, 3.05) is 31.1 Å². The van der Waals surface area contributed by atoms with Crippen molar-refractivity contribution in [2.24, 2.45) is 0 Å². The number of nitrogens with one attached hydrogen (secondary N) is 1. The number of hydrogen-bond acceptors (Lipinski definition) is 6. The van der Waals surface area contributed by atoms with Crippen LogP contribution in [0.2, 0.25) is 0 Å². The SMILES string of the molecule is O=C(NC1CCN(Cc2ccc(F)c(O)c2)CC1)c1cnc2ccc(N3CCC(F)C3)nn12. The van der Waals surface area contributed by atoms with E-state index < -0.39 is 12.0 Å². The maximum atomic E-state index is 13.6. The molecule has 2 fully saturated rings. The molecule has 8 nitrogen and oxygen atoms in total. The first-order chi connectivity index (χ1) is 16.0. The highest BCUT2D eigenvalue weighted by atomic mass is 19.1. The van der Waals surface area contributed by atoms with Gasteiger partial charge in [0.1, 0.15) is 12.0 Å². The molecule has 2 aliphatic heterocycles. The Hall–Kier alpha value is -3.27. The highest BCUT2D eigenvalue weighted by molar-refractivity contribution is 5.93. The molecule has 2 aromatic heterocycles. The van der Waals surface area contributed by atoms with E-state index in [1.807, 2.05) is 4.90 Å². The molecular weight excluding hydrogens is 430 g/mol. The smallest absolute Gasteiger partial charge is 0.271 e. The van der Waals surface area contributed by atoms with Gasteiger partial charge < -0.3 is 15.3 Å². The molecule has 2 aliphatic rings. The van der Waals surface area contributed by atoms with Crippen molar-refractivity contribution in [1.29, 1.82) is 0 Å². The van der Waals surface area contributed by atoms with Crippen molar-refractivity contribution in [3.8, 4) is 5.75 Å². The molecule has 10 heteroatoms. The van der Waals surface area contributed by atoms with E-state index in [9.17, 15) is 18.7 Å². The minimum Gasteiger partial charge on any atom is -0.505 e. The standard InChI is InChI=1S/C23H26F2N6O2/c24-16-5-10-30(14-16)22-4-3-21-26-12-19(31(21)28-22)23(33)27-17-6-8-29(9-7-17)13-15-1-2-18(25)20(32)11-15/h1-4,11-12,16-17,32H,5-10,13-14H2,(H,27,33). The first-order valence-corrected chi connectivity index (χ1v) is 11.2. The lowest BCUT2D eigenvalue weighted by Crippen LogP contribution is -2.44. The highest BCUT2D eigenvalue weighted by Gasteiger charge is 2.25. The number of phenolic OH excluding ortho intramolecular Hbond substituents is 1. The topological polar surface area (TPSA) is 86.0 Å². The maximum absolute atomic E-state index is 13.6. The van der Waals surface area contributed by atoms with Crippen LogP contribution in [0, 0.1) is 5.82 Å². The third-order valence-corrected chi connectivity index (χ3v) is 6.38. The maximum Gasteiger partial charge on any atom is 0.271 e. The molecule has 0 saturated carbocycles. The lowest BCUT2D eigenvalue weighted by molar-refractivity contribution is 0.0901. The Balaban J connectivity index is 1.20. The Morgan fingerprint density at radius 3 is 2.70 bits per heavy atom. The van der Waals surface area contributed by atoms with Gasteiger partial charge in [0.25, 0.3) is 5.91 Å². The normalized spacial score (nSPS) is 19.9. The monoisotopic (exact) mass is 456 g/mol. The summed E-state index contributed by atoms with van der Waals surface area (Å²) in [5, 5.41) is 17.2. The van der Waals surface area contributed by atoms with Crippen molar-refractivity contribution in [3.05, 3.63) is 53.6 Å². The van der Waals surface area contributed by atoms with Gasteiger partial charge in [-0.2, -0.15) is 0 Å². The Morgan fingerprint density at radius 2 is 1.97 bits per heavy atom. The summed E-state index contributed by atoms with van der Waals surface area (Å²) in [7, 11) is 0. The number of rotatable bonds is 5. The van der Waals surface area contributed by atoms with Crippen LogP contribution >= 0.6 is 0 Å². The number of fused-ring (bicyclic) bond motifs is 1.